The van der Waals surface area contributed by atoms with Crippen LogP contribution in [0.4, 0.5) is 0 Å². The van der Waals surface area contributed by atoms with Crippen molar-refractivity contribution in [3.63, 3.8) is 0 Å². The van der Waals surface area contributed by atoms with Crippen molar-refractivity contribution in [1.29, 1.82) is 0 Å². The molecule has 0 unspecified atom stereocenters. The van der Waals surface area contributed by atoms with Gasteiger partial charge in [-0.05, 0) is 25.5 Å². The largest absolute Gasteiger partial charge is 0.451 e. The summed E-state index contributed by atoms with van der Waals surface area (Å²) in [5.74, 6) is -0.380. The van der Waals surface area contributed by atoms with Gasteiger partial charge >= 0.3 is 5.97 Å². The number of hydrogen-bond donors (Lipinski definition) is 0. The number of carbonyl (C=O) groups is 1. The molecule has 0 radical (unpaired) electrons. The highest BCUT2D eigenvalue weighted by Gasteiger charge is 2.38. The molecule has 1 aliphatic rings. The van der Waals surface area contributed by atoms with Gasteiger partial charge in [-0.3, -0.25) is 0 Å². The number of esters is 1. The van der Waals surface area contributed by atoms with Crippen LogP contribution in [0.25, 0.3) is 22.3 Å². The second kappa shape index (κ2) is 7.79. The second-order valence-electron chi connectivity index (χ2n) is 7.40. The topological polar surface area (TPSA) is 66.2 Å². The fraction of sp³-hybridized carbons (Fsp3) is 0.348. The molecule has 29 heavy (non-hydrogen) atoms. The molecule has 0 amide bonds. The molecule has 3 aromatic rings. The summed E-state index contributed by atoms with van der Waals surface area (Å²) in [6.45, 7) is 9.75. The van der Waals surface area contributed by atoms with Gasteiger partial charge in [0.25, 0.3) is 0 Å². The van der Waals surface area contributed by atoms with Gasteiger partial charge in [-0.25, -0.2) is 14.5 Å². The molecule has 0 N–H and O–H groups in total. The Hall–Kier alpha value is -2.99. The van der Waals surface area contributed by atoms with Gasteiger partial charge in [0.15, 0.2) is 5.65 Å². The summed E-state index contributed by atoms with van der Waals surface area (Å²) in [6, 6.07) is 11.6. The fourth-order valence-corrected chi connectivity index (χ4v) is 3.75. The predicted molar refractivity (Wildman–Crippen MR) is 112 cm³/mol. The zero-order chi connectivity index (χ0) is 20.4. The number of aryl methyl sites for hydroxylation is 1. The van der Waals surface area contributed by atoms with E-state index in [9.17, 15) is 4.79 Å². The van der Waals surface area contributed by atoms with Crippen molar-refractivity contribution in [1.82, 2.24) is 14.8 Å². The molecule has 0 atom stereocenters. The summed E-state index contributed by atoms with van der Waals surface area (Å²) in [7, 11) is 0. The van der Waals surface area contributed by atoms with E-state index in [1.165, 1.54) is 0 Å². The van der Waals surface area contributed by atoms with Gasteiger partial charge < -0.3 is 9.47 Å². The molecule has 6 heteroatoms. The molecule has 1 saturated heterocycles. The van der Waals surface area contributed by atoms with Crippen molar-refractivity contribution in [2.75, 3.05) is 13.2 Å². The molecule has 1 aliphatic heterocycles. The van der Waals surface area contributed by atoms with Gasteiger partial charge in [-0.15, -0.1) is 0 Å². The van der Waals surface area contributed by atoms with Crippen LogP contribution in [0.1, 0.15) is 37.0 Å². The van der Waals surface area contributed by atoms with Gasteiger partial charge in [0.1, 0.15) is 5.60 Å². The number of nitrogens with zero attached hydrogens (tertiary/aromatic N) is 3. The third-order valence-corrected chi connectivity index (χ3v) is 5.56. The quantitative estimate of drug-likeness (QED) is 0.476. The first-order chi connectivity index (χ1) is 14.0. The van der Waals surface area contributed by atoms with Crippen LogP contribution in [-0.4, -0.2) is 39.5 Å². The Kier molecular flexibility index (Phi) is 5.20. The monoisotopic (exact) mass is 391 g/mol. The highest BCUT2D eigenvalue weighted by Crippen LogP contribution is 2.34. The number of benzene rings is 1. The van der Waals surface area contributed by atoms with E-state index >= 15 is 0 Å². The molecule has 3 heterocycles. The van der Waals surface area contributed by atoms with E-state index in [0.29, 0.717) is 49.2 Å². The van der Waals surface area contributed by atoms with E-state index in [-0.39, 0.29) is 5.97 Å². The van der Waals surface area contributed by atoms with Crippen LogP contribution in [0, 0.1) is 0 Å². The van der Waals surface area contributed by atoms with Crippen molar-refractivity contribution in [3.8, 4) is 11.3 Å². The minimum Gasteiger partial charge on any atom is -0.451 e. The SMILES string of the molecule is C=C(C)C1(OC(=O)c2cc(-c3ccccc3)nc3c2cnn3CC)CCOCC1. The third-order valence-electron chi connectivity index (χ3n) is 5.56. The first-order valence-electron chi connectivity index (χ1n) is 9.93. The van der Waals surface area contributed by atoms with E-state index < -0.39 is 5.60 Å². The Balaban J connectivity index is 1.80. The standard InChI is InChI=1S/C23H25N3O3/c1-4-26-21-19(15-24-26)18(14-20(25-21)17-8-6-5-7-9-17)22(27)29-23(16(2)3)10-12-28-13-11-23/h5-9,14-15H,2,4,10-13H2,1,3H3. The molecule has 0 spiro atoms. The molecule has 1 fully saturated rings. The Morgan fingerprint density at radius 2 is 2.00 bits per heavy atom. The lowest BCUT2D eigenvalue weighted by molar-refractivity contribution is -0.0591. The first-order valence-corrected chi connectivity index (χ1v) is 9.93. The van der Waals surface area contributed by atoms with Crippen LogP contribution in [0.2, 0.25) is 0 Å². The smallest absolute Gasteiger partial charge is 0.339 e. The third kappa shape index (κ3) is 3.56. The molecule has 1 aromatic carbocycles. The van der Waals surface area contributed by atoms with Crippen LogP contribution in [0.5, 0.6) is 0 Å². The number of pyridine rings is 1. The maximum Gasteiger partial charge on any atom is 0.339 e. The van der Waals surface area contributed by atoms with Gasteiger partial charge in [0, 0.05) is 24.9 Å². The highest BCUT2D eigenvalue weighted by molar-refractivity contribution is 6.04. The lowest BCUT2D eigenvalue weighted by Crippen LogP contribution is -2.41. The van der Waals surface area contributed by atoms with Crippen molar-refractivity contribution in [3.05, 3.63) is 60.3 Å². The average molecular weight is 391 g/mol. The molecule has 2 aromatic heterocycles. The van der Waals surface area contributed by atoms with E-state index in [2.05, 4.69) is 11.7 Å². The summed E-state index contributed by atoms with van der Waals surface area (Å²) < 4.78 is 13.3. The lowest BCUT2D eigenvalue weighted by Gasteiger charge is -2.37. The van der Waals surface area contributed by atoms with Crippen LogP contribution < -0.4 is 0 Å². The summed E-state index contributed by atoms with van der Waals surface area (Å²) in [4.78, 5) is 18.1. The fourth-order valence-electron chi connectivity index (χ4n) is 3.75. The minimum atomic E-state index is -0.696. The number of hydrogen-bond acceptors (Lipinski definition) is 5. The maximum atomic E-state index is 13.3. The Bertz CT molecular complexity index is 1050. The summed E-state index contributed by atoms with van der Waals surface area (Å²) in [5, 5.41) is 5.09. The van der Waals surface area contributed by atoms with E-state index in [0.717, 1.165) is 16.8 Å². The van der Waals surface area contributed by atoms with Gasteiger partial charge in [0.05, 0.1) is 36.1 Å². The van der Waals surface area contributed by atoms with Crippen LogP contribution in [0.15, 0.2) is 54.7 Å². The minimum absolute atomic E-state index is 0.380. The van der Waals surface area contributed by atoms with Gasteiger partial charge in [-0.1, -0.05) is 36.9 Å². The number of rotatable bonds is 5. The summed E-state index contributed by atoms with van der Waals surface area (Å²) >= 11 is 0. The Labute approximate surface area is 170 Å². The molecule has 6 nitrogen and oxygen atoms in total. The first kappa shape index (κ1) is 19.3. The number of carbonyl (C=O) groups excluding carboxylic acids is 1. The normalized spacial score (nSPS) is 15.9. The number of ether oxygens (including phenoxy) is 2. The molecular weight excluding hydrogens is 366 g/mol. The van der Waals surface area contributed by atoms with Crippen LogP contribution in [0.3, 0.4) is 0 Å². The zero-order valence-electron chi connectivity index (χ0n) is 16.9. The highest BCUT2D eigenvalue weighted by atomic mass is 16.6. The predicted octanol–water partition coefficient (Wildman–Crippen LogP) is 4.40. The summed E-state index contributed by atoms with van der Waals surface area (Å²) in [5.41, 5.74) is 2.95. The van der Waals surface area contributed by atoms with Crippen molar-refractivity contribution in [2.45, 2.75) is 38.8 Å². The van der Waals surface area contributed by atoms with Crippen LogP contribution in [-0.2, 0) is 16.0 Å². The molecule has 150 valence electrons. The molecule has 0 aliphatic carbocycles. The molecular formula is C23H25N3O3. The van der Waals surface area contributed by atoms with Crippen LogP contribution >= 0.6 is 0 Å². The average Bonchev–Trinajstić information content (AvgIpc) is 3.17. The van der Waals surface area contributed by atoms with Crippen molar-refractivity contribution in [2.24, 2.45) is 0 Å². The second-order valence-corrected chi connectivity index (χ2v) is 7.40. The van der Waals surface area contributed by atoms with Gasteiger partial charge in [-0.2, -0.15) is 5.10 Å². The van der Waals surface area contributed by atoms with E-state index in [1.54, 1.807) is 16.9 Å². The summed E-state index contributed by atoms with van der Waals surface area (Å²) in [6.07, 6.45) is 2.92. The van der Waals surface area contributed by atoms with E-state index in [1.807, 2.05) is 44.2 Å². The van der Waals surface area contributed by atoms with Gasteiger partial charge in [0.2, 0.25) is 0 Å². The molecule has 4 rings (SSSR count). The van der Waals surface area contributed by atoms with Crippen molar-refractivity contribution >= 4 is 17.0 Å². The van der Waals surface area contributed by atoms with Crippen molar-refractivity contribution < 1.29 is 14.3 Å². The Morgan fingerprint density at radius 3 is 2.66 bits per heavy atom. The number of aromatic nitrogens is 3. The lowest BCUT2D eigenvalue weighted by atomic mass is 9.87. The Morgan fingerprint density at radius 1 is 1.28 bits per heavy atom. The van der Waals surface area contributed by atoms with E-state index in [4.69, 9.17) is 14.5 Å². The molecule has 0 bridgehead atoms. The molecule has 0 saturated carbocycles. The number of fused-ring (bicyclic) bond motifs is 1. The maximum absolute atomic E-state index is 13.3. The zero-order valence-corrected chi connectivity index (χ0v) is 16.9.